The third kappa shape index (κ3) is 1.35. The predicted molar refractivity (Wildman–Crippen MR) is 42.9 cm³/mol. The molecule has 0 aliphatic rings. The van der Waals surface area contributed by atoms with Gasteiger partial charge in [0.1, 0.15) is 0 Å². The van der Waals surface area contributed by atoms with Crippen LogP contribution in [0.2, 0.25) is 0 Å². The lowest BCUT2D eigenvalue weighted by Crippen LogP contribution is -1.88. The third-order valence-corrected chi connectivity index (χ3v) is 1.46. The van der Waals surface area contributed by atoms with Crippen LogP contribution in [-0.2, 0) is 0 Å². The lowest BCUT2D eigenvalue weighted by molar-refractivity contribution is 0.398. The lowest BCUT2D eigenvalue weighted by Gasteiger charge is -1.95. The second-order valence-corrected chi connectivity index (χ2v) is 2.23. The topological polar surface area (TPSA) is 61.0 Å². The fourth-order valence-corrected chi connectivity index (χ4v) is 0.899. The Morgan fingerprint density at radius 1 is 1.38 bits per heavy atom. The SMILES string of the molecule is COc1[c]noc1-c1ncccn1. The van der Waals surface area contributed by atoms with E-state index < -0.39 is 0 Å². The van der Waals surface area contributed by atoms with E-state index in [0.717, 1.165) is 0 Å². The Labute approximate surface area is 74.4 Å². The molecule has 2 heterocycles. The molecule has 0 aromatic carbocycles. The molecule has 0 aliphatic heterocycles. The minimum absolute atomic E-state index is 0.392. The molecule has 2 aromatic rings. The highest BCUT2D eigenvalue weighted by Crippen LogP contribution is 2.24. The lowest BCUT2D eigenvalue weighted by atomic mass is 10.4. The summed E-state index contributed by atoms with van der Waals surface area (Å²) in [6.45, 7) is 0. The van der Waals surface area contributed by atoms with Crippen LogP contribution in [0.4, 0.5) is 0 Å². The van der Waals surface area contributed by atoms with E-state index in [1.54, 1.807) is 18.5 Å². The molecule has 0 saturated carbocycles. The van der Waals surface area contributed by atoms with Crippen LogP contribution in [0.5, 0.6) is 5.75 Å². The van der Waals surface area contributed by atoms with Gasteiger partial charge in [0.15, 0.2) is 11.9 Å². The Balaban J connectivity index is 2.47. The van der Waals surface area contributed by atoms with Crippen LogP contribution < -0.4 is 4.74 Å². The van der Waals surface area contributed by atoms with Gasteiger partial charge in [-0.05, 0) is 6.07 Å². The van der Waals surface area contributed by atoms with Crippen molar-refractivity contribution in [2.45, 2.75) is 0 Å². The van der Waals surface area contributed by atoms with E-state index in [-0.39, 0.29) is 0 Å². The molecular formula is C8H6N3O2. The summed E-state index contributed by atoms with van der Waals surface area (Å²) in [4.78, 5) is 7.97. The molecule has 0 aliphatic carbocycles. The van der Waals surface area contributed by atoms with E-state index in [9.17, 15) is 0 Å². The average molecular weight is 176 g/mol. The first-order valence-corrected chi connectivity index (χ1v) is 3.60. The average Bonchev–Trinajstić information content (AvgIpc) is 2.67. The second-order valence-electron chi connectivity index (χ2n) is 2.23. The first-order chi connectivity index (χ1) is 6.42. The first kappa shape index (κ1) is 7.72. The summed E-state index contributed by atoms with van der Waals surface area (Å²) in [6, 6.07) is 1.72. The van der Waals surface area contributed by atoms with E-state index in [2.05, 4.69) is 21.3 Å². The van der Waals surface area contributed by atoms with Gasteiger partial charge in [0.05, 0.1) is 7.11 Å². The van der Waals surface area contributed by atoms with Gasteiger partial charge >= 0.3 is 0 Å². The van der Waals surface area contributed by atoms with Gasteiger partial charge in [0, 0.05) is 12.4 Å². The number of methoxy groups -OCH3 is 1. The minimum Gasteiger partial charge on any atom is -0.490 e. The quantitative estimate of drug-likeness (QED) is 0.681. The van der Waals surface area contributed by atoms with Crippen molar-refractivity contribution in [2.75, 3.05) is 7.11 Å². The molecule has 2 rings (SSSR count). The van der Waals surface area contributed by atoms with Gasteiger partial charge in [0.25, 0.3) is 0 Å². The van der Waals surface area contributed by atoms with Crippen LogP contribution in [0.25, 0.3) is 11.6 Å². The van der Waals surface area contributed by atoms with E-state index in [1.165, 1.54) is 7.11 Å². The van der Waals surface area contributed by atoms with E-state index in [4.69, 9.17) is 9.26 Å². The molecule has 0 amide bonds. The molecule has 0 bridgehead atoms. The number of rotatable bonds is 2. The van der Waals surface area contributed by atoms with Gasteiger partial charge in [-0.3, -0.25) is 0 Å². The predicted octanol–water partition coefficient (Wildman–Crippen LogP) is 0.940. The molecule has 0 saturated heterocycles. The maximum absolute atomic E-state index is 4.95. The van der Waals surface area contributed by atoms with Gasteiger partial charge in [-0.15, -0.1) is 0 Å². The molecule has 0 N–H and O–H groups in total. The van der Waals surface area contributed by atoms with Crippen molar-refractivity contribution in [3.05, 3.63) is 24.7 Å². The van der Waals surface area contributed by atoms with Crippen LogP contribution in [0.1, 0.15) is 0 Å². The van der Waals surface area contributed by atoms with Crippen molar-refractivity contribution in [3.63, 3.8) is 0 Å². The number of nitrogens with zero attached hydrogens (tertiary/aromatic N) is 3. The van der Waals surface area contributed by atoms with Gasteiger partial charge in [-0.2, -0.15) is 0 Å². The standard InChI is InChI=1S/C8H6N3O2/c1-12-6-5-11-13-7(6)8-9-3-2-4-10-8/h2-4H,1H3. The van der Waals surface area contributed by atoms with Crippen LogP contribution in [-0.4, -0.2) is 22.2 Å². The largest absolute Gasteiger partial charge is 0.490 e. The minimum atomic E-state index is 0.392. The molecule has 65 valence electrons. The molecule has 0 fully saturated rings. The normalized spacial score (nSPS) is 9.92. The summed E-state index contributed by atoms with van der Waals surface area (Å²) >= 11 is 0. The molecule has 5 nitrogen and oxygen atoms in total. The van der Waals surface area contributed by atoms with Gasteiger partial charge in [-0.1, -0.05) is 5.16 Å². The fraction of sp³-hybridized carbons (Fsp3) is 0.125. The van der Waals surface area contributed by atoms with Gasteiger partial charge in [-0.25, -0.2) is 9.97 Å². The van der Waals surface area contributed by atoms with E-state index in [1.807, 2.05) is 0 Å². The summed E-state index contributed by atoms with van der Waals surface area (Å²) in [5, 5.41) is 3.46. The van der Waals surface area contributed by atoms with Crippen LogP contribution >= 0.6 is 0 Å². The van der Waals surface area contributed by atoms with Gasteiger partial charge < -0.3 is 9.26 Å². The maximum Gasteiger partial charge on any atom is 0.246 e. The molecule has 0 spiro atoms. The van der Waals surface area contributed by atoms with Crippen molar-refractivity contribution >= 4 is 0 Å². The highest BCUT2D eigenvalue weighted by Gasteiger charge is 2.13. The van der Waals surface area contributed by atoms with Crippen molar-refractivity contribution in [2.24, 2.45) is 0 Å². The second kappa shape index (κ2) is 3.22. The van der Waals surface area contributed by atoms with E-state index >= 15 is 0 Å². The molecule has 13 heavy (non-hydrogen) atoms. The van der Waals surface area contributed by atoms with E-state index in [0.29, 0.717) is 17.3 Å². The zero-order valence-corrected chi connectivity index (χ0v) is 6.89. The van der Waals surface area contributed by atoms with Crippen LogP contribution in [0.15, 0.2) is 23.0 Å². The zero-order valence-electron chi connectivity index (χ0n) is 6.89. The third-order valence-electron chi connectivity index (χ3n) is 1.46. The fourth-order valence-electron chi connectivity index (χ4n) is 0.899. The highest BCUT2D eigenvalue weighted by molar-refractivity contribution is 5.54. The smallest absolute Gasteiger partial charge is 0.246 e. The van der Waals surface area contributed by atoms with Crippen molar-refractivity contribution in [1.29, 1.82) is 0 Å². The Hall–Kier alpha value is -1.91. The zero-order chi connectivity index (χ0) is 9.10. The van der Waals surface area contributed by atoms with Gasteiger partial charge in [0.2, 0.25) is 11.6 Å². The number of hydrogen-bond acceptors (Lipinski definition) is 5. The summed E-state index contributed by atoms with van der Waals surface area (Å²) in [5.74, 6) is 1.24. The number of aromatic nitrogens is 3. The number of hydrogen-bond donors (Lipinski definition) is 0. The monoisotopic (exact) mass is 176 g/mol. The Morgan fingerprint density at radius 3 is 2.85 bits per heavy atom. The summed E-state index contributed by atoms with van der Waals surface area (Å²) < 4.78 is 9.83. The molecule has 2 aromatic heterocycles. The maximum atomic E-state index is 4.95. The van der Waals surface area contributed by atoms with Crippen molar-refractivity contribution in [1.82, 2.24) is 15.1 Å². The number of ether oxygens (including phenoxy) is 1. The molecular weight excluding hydrogens is 170 g/mol. The Bertz CT molecular complexity index is 385. The molecule has 1 radical (unpaired) electrons. The van der Waals surface area contributed by atoms with Crippen LogP contribution in [0.3, 0.4) is 0 Å². The molecule has 0 unspecified atom stereocenters. The summed E-state index contributed by atoms with van der Waals surface area (Å²) in [7, 11) is 1.51. The highest BCUT2D eigenvalue weighted by atomic mass is 16.5. The molecule has 5 heteroatoms. The summed E-state index contributed by atoms with van der Waals surface area (Å²) in [6.07, 6.45) is 5.77. The van der Waals surface area contributed by atoms with Crippen molar-refractivity contribution in [3.8, 4) is 17.3 Å². The summed E-state index contributed by atoms with van der Waals surface area (Å²) in [5.41, 5.74) is 0. The first-order valence-electron chi connectivity index (χ1n) is 3.60. The Kier molecular flexibility index (Phi) is 1.91. The van der Waals surface area contributed by atoms with Crippen molar-refractivity contribution < 1.29 is 9.26 Å². The van der Waals surface area contributed by atoms with Crippen LogP contribution in [0, 0.1) is 6.20 Å². The Morgan fingerprint density at radius 2 is 2.15 bits per heavy atom. The molecule has 0 atom stereocenters.